The smallest absolute Gasteiger partial charge is 0.238 e. The molecule has 0 spiro atoms. The molecule has 1 aliphatic rings. The van der Waals surface area contributed by atoms with Crippen molar-refractivity contribution in [1.29, 1.82) is 0 Å². The average Bonchev–Trinajstić information content (AvgIpc) is 2.74. The minimum absolute atomic E-state index is 0.152. The molecule has 0 saturated carbocycles. The van der Waals surface area contributed by atoms with Crippen LogP contribution in [0, 0.1) is 0 Å². The summed E-state index contributed by atoms with van der Waals surface area (Å²) in [6, 6.07) is 9.33. The minimum Gasteiger partial charge on any atom is -0.325 e. The molecule has 0 bridgehead atoms. The predicted octanol–water partition coefficient (Wildman–Crippen LogP) is 1.56. The van der Waals surface area contributed by atoms with Crippen molar-refractivity contribution in [2.45, 2.75) is 13.8 Å². The third-order valence-electron chi connectivity index (χ3n) is 4.66. The largest absolute Gasteiger partial charge is 0.325 e. The Morgan fingerprint density at radius 3 is 1.47 bits per heavy atom. The Balaban J connectivity index is 1.85. The number of carbonyl (C=O) groups excluding carboxylic acids is 4. The molecule has 0 unspecified atom stereocenters. The van der Waals surface area contributed by atoms with Gasteiger partial charge in [0.1, 0.15) is 0 Å². The van der Waals surface area contributed by atoms with Crippen LogP contribution in [0.2, 0.25) is 0 Å². The van der Waals surface area contributed by atoms with Crippen LogP contribution in [-0.4, -0.2) is 49.6 Å². The second-order valence-corrected chi connectivity index (χ2v) is 6.84. The first-order valence-corrected chi connectivity index (χ1v) is 9.83. The van der Waals surface area contributed by atoms with Gasteiger partial charge in [-0.15, -0.1) is 0 Å². The molecule has 0 radical (unpaired) electrons. The van der Waals surface area contributed by atoms with Crippen molar-refractivity contribution in [2.75, 3.05) is 36.8 Å². The minimum atomic E-state index is -0.329. The molecule has 0 atom stereocenters. The predicted molar refractivity (Wildman–Crippen MR) is 114 cm³/mol. The third kappa shape index (κ3) is 4.61. The fourth-order valence-electron chi connectivity index (χ4n) is 3.19. The first kappa shape index (κ1) is 21.4. The van der Waals surface area contributed by atoms with Gasteiger partial charge in [-0.1, -0.05) is 13.8 Å². The summed E-state index contributed by atoms with van der Waals surface area (Å²) in [7, 11) is 0. The SMILES string of the molecule is CCNCC(=O)Nc1ccc2c(c1)C(=O)c1cc(NC(=O)CNCC)ccc1C2=O. The van der Waals surface area contributed by atoms with Gasteiger partial charge in [-0.05, 0) is 49.5 Å². The maximum Gasteiger partial charge on any atom is 0.238 e. The molecule has 0 aliphatic heterocycles. The molecule has 4 N–H and O–H groups in total. The Hall–Kier alpha value is -3.36. The van der Waals surface area contributed by atoms with Crippen LogP contribution in [0.5, 0.6) is 0 Å². The van der Waals surface area contributed by atoms with Gasteiger partial charge >= 0.3 is 0 Å². The highest BCUT2D eigenvalue weighted by Gasteiger charge is 2.30. The van der Waals surface area contributed by atoms with Gasteiger partial charge in [0, 0.05) is 33.6 Å². The molecule has 30 heavy (non-hydrogen) atoms. The Labute approximate surface area is 174 Å². The summed E-state index contributed by atoms with van der Waals surface area (Å²) in [5, 5.41) is 11.3. The zero-order chi connectivity index (χ0) is 21.7. The molecule has 2 amide bonds. The van der Waals surface area contributed by atoms with Crippen LogP contribution in [0.25, 0.3) is 0 Å². The number of fused-ring (bicyclic) bond motifs is 2. The van der Waals surface area contributed by atoms with Crippen molar-refractivity contribution in [1.82, 2.24) is 10.6 Å². The summed E-state index contributed by atoms with van der Waals surface area (Å²) < 4.78 is 0. The topological polar surface area (TPSA) is 116 Å². The molecule has 0 aromatic heterocycles. The number of nitrogens with one attached hydrogen (secondary N) is 4. The molecule has 156 valence electrons. The number of rotatable bonds is 8. The second-order valence-electron chi connectivity index (χ2n) is 6.84. The maximum atomic E-state index is 13.1. The first-order valence-electron chi connectivity index (χ1n) is 9.83. The fourth-order valence-corrected chi connectivity index (χ4v) is 3.19. The number of ketones is 2. The summed E-state index contributed by atoms with van der Waals surface area (Å²) in [4.78, 5) is 49.8. The van der Waals surface area contributed by atoms with Crippen LogP contribution in [0.3, 0.4) is 0 Å². The lowest BCUT2D eigenvalue weighted by molar-refractivity contribution is -0.116. The summed E-state index contributed by atoms with van der Waals surface area (Å²) in [6.45, 7) is 5.41. The van der Waals surface area contributed by atoms with Crippen molar-refractivity contribution < 1.29 is 19.2 Å². The number of benzene rings is 2. The Kier molecular flexibility index (Phi) is 6.71. The molecule has 8 nitrogen and oxygen atoms in total. The molecule has 0 fully saturated rings. The molecular weight excluding hydrogens is 384 g/mol. The Morgan fingerprint density at radius 1 is 0.667 bits per heavy atom. The standard InChI is InChI=1S/C22H24N4O4/c1-3-23-11-19(27)25-13-5-7-15-17(9-13)22(30)18-10-14(6-8-16(18)21(15)29)26-20(28)12-24-4-2/h5-10,23-24H,3-4,11-12H2,1-2H3,(H,25,27)(H,26,28). The lowest BCUT2D eigenvalue weighted by Crippen LogP contribution is -2.28. The highest BCUT2D eigenvalue weighted by Crippen LogP contribution is 2.30. The van der Waals surface area contributed by atoms with Gasteiger partial charge in [0.25, 0.3) is 0 Å². The number of likely N-dealkylation sites (N-methyl/N-ethyl adjacent to an activating group) is 2. The quantitative estimate of drug-likeness (QED) is 0.450. The lowest BCUT2D eigenvalue weighted by Gasteiger charge is -2.19. The van der Waals surface area contributed by atoms with E-state index in [1.54, 1.807) is 24.3 Å². The van der Waals surface area contributed by atoms with Gasteiger partial charge in [0.05, 0.1) is 13.1 Å². The van der Waals surface area contributed by atoms with Crippen molar-refractivity contribution in [2.24, 2.45) is 0 Å². The van der Waals surface area contributed by atoms with Gasteiger partial charge in [-0.2, -0.15) is 0 Å². The molecule has 1 aliphatic carbocycles. The van der Waals surface area contributed by atoms with E-state index < -0.39 is 0 Å². The van der Waals surface area contributed by atoms with Crippen LogP contribution in [0.1, 0.15) is 45.7 Å². The van der Waals surface area contributed by atoms with Crippen molar-refractivity contribution >= 4 is 34.8 Å². The van der Waals surface area contributed by atoms with E-state index in [2.05, 4.69) is 21.3 Å². The van der Waals surface area contributed by atoms with E-state index in [1.807, 2.05) is 13.8 Å². The van der Waals surface area contributed by atoms with Crippen LogP contribution in [-0.2, 0) is 9.59 Å². The number of amides is 2. The number of hydrogen-bond donors (Lipinski definition) is 4. The van der Waals surface area contributed by atoms with E-state index in [9.17, 15) is 19.2 Å². The summed E-state index contributed by atoms with van der Waals surface area (Å²) in [5.74, 6) is -1.07. The molecule has 2 aromatic rings. The monoisotopic (exact) mass is 408 g/mol. The van der Waals surface area contributed by atoms with Gasteiger partial charge in [0.15, 0.2) is 11.6 Å². The lowest BCUT2D eigenvalue weighted by atomic mass is 9.83. The normalized spacial score (nSPS) is 12.2. The van der Waals surface area contributed by atoms with Gasteiger partial charge in [-0.3, -0.25) is 19.2 Å². The van der Waals surface area contributed by atoms with E-state index in [0.717, 1.165) is 0 Å². The first-order chi connectivity index (χ1) is 14.4. The van der Waals surface area contributed by atoms with E-state index in [0.29, 0.717) is 35.6 Å². The van der Waals surface area contributed by atoms with Crippen molar-refractivity contribution in [3.05, 3.63) is 58.7 Å². The van der Waals surface area contributed by atoms with E-state index in [-0.39, 0.29) is 47.6 Å². The zero-order valence-corrected chi connectivity index (χ0v) is 16.9. The van der Waals surface area contributed by atoms with Crippen LogP contribution in [0.4, 0.5) is 11.4 Å². The van der Waals surface area contributed by atoms with Crippen molar-refractivity contribution in [3.63, 3.8) is 0 Å². The highest BCUT2D eigenvalue weighted by molar-refractivity contribution is 6.29. The molecule has 8 heteroatoms. The van der Waals surface area contributed by atoms with Crippen LogP contribution < -0.4 is 21.3 Å². The second kappa shape index (κ2) is 9.43. The highest BCUT2D eigenvalue weighted by atomic mass is 16.2. The summed E-state index contributed by atoms with van der Waals surface area (Å²) in [5.41, 5.74) is 1.92. The van der Waals surface area contributed by atoms with Crippen LogP contribution >= 0.6 is 0 Å². The Morgan fingerprint density at radius 2 is 1.07 bits per heavy atom. The summed E-state index contributed by atoms with van der Waals surface area (Å²) >= 11 is 0. The molecule has 3 rings (SSSR count). The summed E-state index contributed by atoms with van der Waals surface area (Å²) in [6.07, 6.45) is 0. The maximum absolute atomic E-state index is 13.1. The number of hydrogen-bond acceptors (Lipinski definition) is 6. The van der Waals surface area contributed by atoms with Crippen LogP contribution in [0.15, 0.2) is 36.4 Å². The molecule has 0 heterocycles. The average molecular weight is 408 g/mol. The van der Waals surface area contributed by atoms with E-state index >= 15 is 0 Å². The molecule has 2 aromatic carbocycles. The van der Waals surface area contributed by atoms with Gasteiger partial charge < -0.3 is 21.3 Å². The van der Waals surface area contributed by atoms with Gasteiger partial charge in [0.2, 0.25) is 11.8 Å². The van der Waals surface area contributed by atoms with E-state index in [1.165, 1.54) is 12.1 Å². The Bertz CT molecular complexity index is 939. The number of anilines is 2. The third-order valence-corrected chi connectivity index (χ3v) is 4.66. The zero-order valence-electron chi connectivity index (χ0n) is 16.9. The molecule has 0 saturated heterocycles. The fraction of sp³-hybridized carbons (Fsp3) is 0.273. The van der Waals surface area contributed by atoms with Crippen molar-refractivity contribution in [3.8, 4) is 0 Å². The molecular formula is C22H24N4O4. The van der Waals surface area contributed by atoms with Gasteiger partial charge in [-0.25, -0.2) is 0 Å². The van der Waals surface area contributed by atoms with E-state index in [4.69, 9.17) is 0 Å². The number of carbonyl (C=O) groups is 4.